The maximum Gasteiger partial charge on any atom is 0.390 e. The highest BCUT2D eigenvalue weighted by atomic mass is 32.2. The van der Waals surface area contributed by atoms with E-state index in [9.17, 15) is 13.2 Å². The molecule has 0 radical (unpaired) electrons. The van der Waals surface area contributed by atoms with Crippen molar-refractivity contribution in [2.24, 2.45) is 0 Å². The van der Waals surface area contributed by atoms with E-state index in [0.29, 0.717) is 6.04 Å². The lowest BCUT2D eigenvalue weighted by Gasteiger charge is -2.33. The van der Waals surface area contributed by atoms with Crippen LogP contribution in [0.25, 0.3) is 0 Å². The lowest BCUT2D eigenvalue weighted by Crippen LogP contribution is -2.41. The van der Waals surface area contributed by atoms with Crippen molar-refractivity contribution in [1.82, 2.24) is 4.90 Å². The molecule has 0 N–H and O–H groups in total. The van der Waals surface area contributed by atoms with Crippen LogP contribution in [0.3, 0.4) is 0 Å². The van der Waals surface area contributed by atoms with Gasteiger partial charge in [-0.25, -0.2) is 0 Å². The Kier molecular flexibility index (Phi) is 3.91. The Hall–Kier alpha value is 0.100. The van der Waals surface area contributed by atoms with Gasteiger partial charge in [-0.05, 0) is 6.92 Å². The summed E-state index contributed by atoms with van der Waals surface area (Å²) in [5, 5.41) is 0. The summed E-state index contributed by atoms with van der Waals surface area (Å²) in [6.07, 6.45) is -4.69. The minimum absolute atomic E-state index is 0.158. The summed E-state index contributed by atoms with van der Waals surface area (Å²) in [5.74, 6) is 1.92. The van der Waals surface area contributed by atoms with Crippen LogP contribution in [0.4, 0.5) is 13.2 Å². The van der Waals surface area contributed by atoms with Gasteiger partial charge in [0.2, 0.25) is 0 Å². The van der Waals surface area contributed by atoms with Crippen LogP contribution in [0.1, 0.15) is 13.3 Å². The van der Waals surface area contributed by atoms with E-state index in [1.54, 1.807) is 0 Å². The fourth-order valence-electron chi connectivity index (χ4n) is 1.36. The number of rotatable bonds is 2. The molecule has 1 nitrogen and oxygen atoms in total. The zero-order valence-electron chi connectivity index (χ0n) is 7.60. The highest BCUT2D eigenvalue weighted by Crippen LogP contribution is 2.22. The van der Waals surface area contributed by atoms with Gasteiger partial charge in [0.25, 0.3) is 0 Å². The topological polar surface area (TPSA) is 3.24 Å². The van der Waals surface area contributed by atoms with Crippen LogP contribution in [0, 0.1) is 0 Å². The van der Waals surface area contributed by atoms with Gasteiger partial charge < -0.3 is 0 Å². The fraction of sp³-hybridized carbons (Fsp3) is 1.00. The van der Waals surface area contributed by atoms with Gasteiger partial charge in [0.05, 0.1) is 6.42 Å². The Morgan fingerprint density at radius 1 is 1.46 bits per heavy atom. The molecule has 0 aromatic heterocycles. The standard InChI is InChI=1S/C8H14F3NS/c1-7-6-13-5-4-12(7)3-2-8(9,10)11/h7H,2-6H2,1H3. The van der Waals surface area contributed by atoms with E-state index in [1.807, 2.05) is 23.6 Å². The Labute approximate surface area is 80.7 Å². The third kappa shape index (κ3) is 4.22. The van der Waals surface area contributed by atoms with Crippen LogP contribution in [-0.2, 0) is 0 Å². The third-order valence-corrected chi connectivity index (χ3v) is 3.38. The predicted octanol–water partition coefficient (Wildman–Crippen LogP) is 2.38. The van der Waals surface area contributed by atoms with E-state index in [4.69, 9.17) is 0 Å². The van der Waals surface area contributed by atoms with E-state index >= 15 is 0 Å². The maximum absolute atomic E-state index is 11.9. The van der Waals surface area contributed by atoms with Gasteiger partial charge in [0.15, 0.2) is 0 Å². The number of nitrogens with zero attached hydrogens (tertiary/aromatic N) is 1. The lowest BCUT2D eigenvalue weighted by molar-refractivity contribution is -0.138. The quantitative estimate of drug-likeness (QED) is 0.693. The molecule has 0 spiro atoms. The van der Waals surface area contributed by atoms with E-state index in [0.717, 1.165) is 18.1 Å². The molecule has 0 aromatic rings. The van der Waals surface area contributed by atoms with Gasteiger partial charge >= 0.3 is 6.18 Å². The second kappa shape index (κ2) is 4.55. The van der Waals surface area contributed by atoms with E-state index < -0.39 is 12.6 Å². The van der Waals surface area contributed by atoms with Crippen molar-refractivity contribution in [3.05, 3.63) is 0 Å². The van der Waals surface area contributed by atoms with Crippen LogP contribution >= 0.6 is 11.8 Å². The van der Waals surface area contributed by atoms with Gasteiger partial charge in [-0.1, -0.05) is 0 Å². The molecule has 0 bridgehead atoms. The molecule has 1 unspecified atom stereocenters. The molecule has 78 valence electrons. The molecular weight excluding hydrogens is 199 g/mol. The van der Waals surface area contributed by atoms with Gasteiger partial charge in [-0.3, -0.25) is 4.90 Å². The number of hydrogen-bond donors (Lipinski definition) is 0. The molecule has 1 atom stereocenters. The van der Waals surface area contributed by atoms with Gasteiger partial charge in [-0.2, -0.15) is 24.9 Å². The lowest BCUT2D eigenvalue weighted by atomic mass is 10.3. The summed E-state index contributed by atoms with van der Waals surface area (Å²) >= 11 is 1.82. The van der Waals surface area contributed by atoms with E-state index in [2.05, 4.69) is 0 Å². The van der Waals surface area contributed by atoms with Crippen molar-refractivity contribution in [1.29, 1.82) is 0 Å². The van der Waals surface area contributed by atoms with Crippen LogP contribution in [0.15, 0.2) is 0 Å². The summed E-state index contributed by atoms with van der Waals surface area (Å²) in [6.45, 7) is 2.94. The highest BCUT2D eigenvalue weighted by Gasteiger charge is 2.29. The second-order valence-electron chi connectivity index (χ2n) is 3.33. The molecule has 0 saturated carbocycles. The van der Waals surface area contributed by atoms with Gasteiger partial charge in [0, 0.05) is 30.6 Å². The van der Waals surface area contributed by atoms with Crippen molar-refractivity contribution in [2.75, 3.05) is 24.6 Å². The van der Waals surface area contributed by atoms with Crippen LogP contribution in [0.5, 0.6) is 0 Å². The van der Waals surface area contributed by atoms with Crippen molar-refractivity contribution < 1.29 is 13.2 Å². The van der Waals surface area contributed by atoms with Crippen molar-refractivity contribution in [3.8, 4) is 0 Å². The van der Waals surface area contributed by atoms with E-state index in [1.165, 1.54) is 0 Å². The Balaban J connectivity index is 2.27. The Bertz CT molecular complexity index is 160. The summed E-state index contributed by atoms with van der Waals surface area (Å²) in [7, 11) is 0. The number of halogens is 3. The summed E-state index contributed by atoms with van der Waals surface area (Å²) < 4.78 is 35.7. The van der Waals surface area contributed by atoms with Crippen molar-refractivity contribution in [3.63, 3.8) is 0 Å². The predicted molar refractivity (Wildman–Crippen MR) is 49.0 cm³/mol. The Morgan fingerprint density at radius 2 is 2.15 bits per heavy atom. The molecule has 1 saturated heterocycles. The molecule has 13 heavy (non-hydrogen) atoms. The van der Waals surface area contributed by atoms with Crippen molar-refractivity contribution in [2.45, 2.75) is 25.6 Å². The van der Waals surface area contributed by atoms with E-state index in [-0.39, 0.29) is 6.54 Å². The molecule has 0 aromatic carbocycles. The summed E-state index contributed by atoms with van der Waals surface area (Å²) in [5.41, 5.74) is 0. The SMILES string of the molecule is CC1CSCCN1CCC(F)(F)F. The first-order valence-electron chi connectivity index (χ1n) is 4.37. The monoisotopic (exact) mass is 213 g/mol. The molecule has 0 amide bonds. The first-order valence-corrected chi connectivity index (χ1v) is 5.53. The second-order valence-corrected chi connectivity index (χ2v) is 4.47. The smallest absolute Gasteiger partial charge is 0.299 e. The average molecular weight is 213 g/mol. The molecule has 1 aliphatic rings. The van der Waals surface area contributed by atoms with Gasteiger partial charge in [-0.15, -0.1) is 0 Å². The average Bonchev–Trinajstić information content (AvgIpc) is 2.01. The number of thioether (sulfide) groups is 1. The molecule has 5 heteroatoms. The molecule has 0 aliphatic carbocycles. The zero-order valence-corrected chi connectivity index (χ0v) is 8.42. The number of alkyl halides is 3. The largest absolute Gasteiger partial charge is 0.390 e. The van der Waals surface area contributed by atoms with Crippen molar-refractivity contribution >= 4 is 11.8 Å². The molecule has 1 heterocycles. The first-order chi connectivity index (χ1) is 5.99. The highest BCUT2D eigenvalue weighted by molar-refractivity contribution is 7.99. The van der Waals surface area contributed by atoms with Crippen LogP contribution in [0.2, 0.25) is 0 Å². The molecule has 1 aliphatic heterocycles. The minimum atomic E-state index is -4.01. The summed E-state index contributed by atoms with van der Waals surface area (Å²) in [6, 6.07) is 0.293. The normalized spacial score (nSPS) is 26.3. The third-order valence-electron chi connectivity index (χ3n) is 2.19. The first kappa shape index (κ1) is 11.2. The molecule has 1 rings (SSSR count). The van der Waals surface area contributed by atoms with Crippen LogP contribution < -0.4 is 0 Å². The summed E-state index contributed by atoms with van der Waals surface area (Å²) in [4.78, 5) is 1.92. The minimum Gasteiger partial charge on any atom is -0.299 e. The maximum atomic E-state index is 11.9. The number of hydrogen-bond acceptors (Lipinski definition) is 2. The molecular formula is C8H14F3NS. The molecule has 1 fully saturated rings. The zero-order chi connectivity index (χ0) is 9.90. The van der Waals surface area contributed by atoms with Crippen LogP contribution in [-0.4, -0.2) is 41.7 Å². The Morgan fingerprint density at radius 3 is 2.69 bits per heavy atom. The fourth-order valence-corrected chi connectivity index (χ4v) is 2.45. The van der Waals surface area contributed by atoms with Gasteiger partial charge in [0.1, 0.15) is 0 Å².